The molecule has 21 heavy (non-hydrogen) atoms. The van der Waals surface area contributed by atoms with Gasteiger partial charge in [-0.1, -0.05) is 91.0 Å². The lowest BCUT2D eigenvalue weighted by atomic mass is 9.80. The summed E-state index contributed by atoms with van der Waals surface area (Å²) in [5.74, 6) is 0. The number of hydrogen-bond donors (Lipinski definition) is 0. The molecule has 0 spiro atoms. The predicted octanol–water partition coefficient (Wildman–Crippen LogP) is 4.79. The molecule has 3 aromatic carbocycles. The van der Waals surface area contributed by atoms with Crippen molar-refractivity contribution in [3.8, 4) is 0 Å². The molecule has 0 saturated carbocycles. The molecule has 0 atom stereocenters. The second-order valence-electron chi connectivity index (χ2n) is 4.92. The molecule has 0 fully saturated rings. The van der Waals surface area contributed by atoms with E-state index in [1.54, 1.807) is 0 Å². The van der Waals surface area contributed by atoms with Crippen LogP contribution < -0.4 is 0 Å². The average molecular weight is 273 g/mol. The summed E-state index contributed by atoms with van der Waals surface area (Å²) in [4.78, 5) is 0. The Balaban J connectivity index is 2.29. The summed E-state index contributed by atoms with van der Waals surface area (Å²) in [5.41, 5.74) is 2.51. The molecule has 1 heteroatoms. The lowest BCUT2D eigenvalue weighted by molar-refractivity contribution is 0.0918. The highest BCUT2D eigenvalue weighted by Gasteiger charge is 2.36. The van der Waals surface area contributed by atoms with Crippen LogP contribution in [0.2, 0.25) is 0 Å². The fourth-order valence-electron chi connectivity index (χ4n) is 2.77. The van der Waals surface area contributed by atoms with Crippen LogP contribution in [0, 0.1) is 7.11 Å². The van der Waals surface area contributed by atoms with Crippen LogP contribution in [0.4, 0.5) is 0 Å². The molecule has 0 amide bonds. The van der Waals surface area contributed by atoms with Crippen molar-refractivity contribution >= 4 is 0 Å². The van der Waals surface area contributed by atoms with Crippen molar-refractivity contribution in [2.45, 2.75) is 5.60 Å². The summed E-state index contributed by atoms with van der Waals surface area (Å²) in [6, 6.07) is 30.6. The molecule has 0 unspecified atom stereocenters. The number of rotatable bonds is 4. The minimum atomic E-state index is -0.691. The number of hydrogen-bond acceptors (Lipinski definition) is 1. The maximum atomic E-state index is 5.85. The summed E-state index contributed by atoms with van der Waals surface area (Å²) < 4.78 is 5.85. The first kappa shape index (κ1) is 13.6. The third kappa shape index (κ3) is 2.37. The van der Waals surface area contributed by atoms with Crippen molar-refractivity contribution in [2.75, 3.05) is 0 Å². The van der Waals surface area contributed by atoms with E-state index in [0.29, 0.717) is 0 Å². The Morgan fingerprint density at radius 2 is 0.810 bits per heavy atom. The number of ether oxygens (including phenoxy) is 1. The second-order valence-corrected chi connectivity index (χ2v) is 4.92. The molecule has 0 bridgehead atoms. The maximum absolute atomic E-state index is 5.85. The molecule has 0 aliphatic carbocycles. The van der Waals surface area contributed by atoms with Gasteiger partial charge in [0.2, 0.25) is 0 Å². The fraction of sp³-hybridized carbons (Fsp3) is 0.0500. The zero-order chi connectivity index (χ0) is 14.5. The number of benzene rings is 3. The summed E-state index contributed by atoms with van der Waals surface area (Å²) >= 11 is 0. The highest BCUT2D eigenvalue weighted by Crippen LogP contribution is 2.39. The first-order valence-electron chi connectivity index (χ1n) is 6.97. The Morgan fingerprint density at radius 1 is 0.524 bits per heavy atom. The zero-order valence-electron chi connectivity index (χ0n) is 11.8. The minimum absolute atomic E-state index is 0.691. The summed E-state index contributed by atoms with van der Waals surface area (Å²) in [6.07, 6.45) is 0. The van der Waals surface area contributed by atoms with Gasteiger partial charge in [-0.2, -0.15) is 0 Å². The molecular weight excluding hydrogens is 256 g/mol. The van der Waals surface area contributed by atoms with Crippen LogP contribution in [0.5, 0.6) is 0 Å². The Morgan fingerprint density at radius 3 is 1.05 bits per heavy atom. The molecule has 0 N–H and O–H groups in total. The van der Waals surface area contributed by atoms with Crippen molar-refractivity contribution in [2.24, 2.45) is 0 Å². The standard InChI is InChI=1S/C20H17O/c1-21-20(17-11-5-2-6-12-17,18-13-7-3-8-14-18)19-15-9-4-10-16-19/h2-16H,1H2. The van der Waals surface area contributed by atoms with Gasteiger partial charge in [-0.05, 0) is 16.7 Å². The van der Waals surface area contributed by atoms with Crippen molar-refractivity contribution in [3.63, 3.8) is 0 Å². The van der Waals surface area contributed by atoms with Crippen molar-refractivity contribution in [3.05, 3.63) is 115 Å². The largest absolute Gasteiger partial charge is 0.358 e. The van der Waals surface area contributed by atoms with Crippen molar-refractivity contribution < 1.29 is 4.74 Å². The monoisotopic (exact) mass is 273 g/mol. The summed E-state index contributed by atoms with van der Waals surface area (Å²) in [6.45, 7) is 0. The SMILES string of the molecule is [CH2]OC(c1ccccc1)(c1ccccc1)c1ccccc1. The molecule has 103 valence electrons. The molecule has 3 rings (SSSR count). The predicted molar refractivity (Wildman–Crippen MR) is 85.7 cm³/mol. The lowest BCUT2D eigenvalue weighted by Gasteiger charge is -2.34. The average Bonchev–Trinajstić information content (AvgIpc) is 2.59. The summed E-state index contributed by atoms with van der Waals surface area (Å²) in [5, 5.41) is 0. The quantitative estimate of drug-likeness (QED) is 0.621. The lowest BCUT2D eigenvalue weighted by Crippen LogP contribution is -2.30. The van der Waals surface area contributed by atoms with E-state index in [2.05, 4.69) is 43.5 Å². The van der Waals surface area contributed by atoms with Gasteiger partial charge < -0.3 is 4.74 Å². The second kappa shape index (κ2) is 5.94. The van der Waals surface area contributed by atoms with Gasteiger partial charge in [0.15, 0.2) is 0 Å². The fourth-order valence-corrected chi connectivity index (χ4v) is 2.77. The smallest absolute Gasteiger partial charge is 0.143 e. The maximum Gasteiger partial charge on any atom is 0.143 e. The van der Waals surface area contributed by atoms with Gasteiger partial charge in [-0.3, -0.25) is 0 Å². The first-order valence-corrected chi connectivity index (χ1v) is 6.97. The highest BCUT2D eigenvalue weighted by molar-refractivity contribution is 5.47. The normalized spacial score (nSPS) is 11.3. The van der Waals surface area contributed by atoms with E-state index in [0.717, 1.165) is 16.7 Å². The van der Waals surface area contributed by atoms with Crippen LogP contribution in [0.15, 0.2) is 91.0 Å². The minimum Gasteiger partial charge on any atom is -0.358 e. The van der Waals surface area contributed by atoms with E-state index < -0.39 is 5.60 Å². The zero-order valence-corrected chi connectivity index (χ0v) is 11.8. The van der Waals surface area contributed by atoms with Crippen molar-refractivity contribution in [1.29, 1.82) is 0 Å². The van der Waals surface area contributed by atoms with Gasteiger partial charge in [0.25, 0.3) is 0 Å². The van der Waals surface area contributed by atoms with Crippen molar-refractivity contribution in [1.82, 2.24) is 0 Å². The van der Waals surface area contributed by atoms with Gasteiger partial charge in [-0.25, -0.2) is 0 Å². The van der Waals surface area contributed by atoms with E-state index in [4.69, 9.17) is 4.74 Å². The molecule has 3 aromatic rings. The van der Waals surface area contributed by atoms with Gasteiger partial charge >= 0.3 is 0 Å². The molecule has 0 aliphatic heterocycles. The summed E-state index contributed by atoms with van der Waals surface area (Å²) in [7, 11) is 3.79. The third-order valence-electron chi connectivity index (χ3n) is 3.76. The third-order valence-corrected chi connectivity index (χ3v) is 3.76. The van der Waals surface area contributed by atoms with Gasteiger partial charge in [-0.15, -0.1) is 0 Å². The van der Waals surface area contributed by atoms with Crippen LogP contribution in [0.1, 0.15) is 16.7 Å². The van der Waals surface area contributed by atoms with Crippen LogP contribution in [-0.4, -0.2) is 0 Å². The molecule has 1 radical (unpaired) electrons. The van der Waals surface area contributed by atoms with E-state index >= 15 is 0 Å². The van der Waals surface area contributed by atoms with E-state index in [-0.39, 0.29) is 0 Å². The van der Waals surface area contributed by atoms with Crippen LogP contribution in [-0.2, 0) is 10.3 Å². The Hall–Kier alpha value is -2.38. The molecule has 0 heterocycles. The Kier molecular flexibility index (Phi) is 3.85. The van der Waals surface area contributed by atoms with E-state index in [1.807, 2.05) is 54.6 Å². The van der Waals surface area contributed by atoms with Crippen LogP contribution in [0.3, 0.4) is 0 Å². The molecule has 0 saturated heterocycles. The first-order chi connectivity index (χ1) is 10.4. The van der Waals surface area contributed by atoms with Gasteiger partial charge in [0, 0.05) is 0 Å². The topological polar surface area (TPSA) is 9.23 Å². The highest BCUT2D eigenvalue weighted by atomic mass is 16.5. The Bertz CT molecular complexity index is 578. The molecular formula is C20H17O. The van der Waals surface area contributed by atoms with Crippen LogP contribution in [0.25, 0.3) is 0 Å². The van der Waals surface area contributed by atoms with E-state index in [1.165, 1.54) is 0 Å². The van der Waals surface area contributed by atoms with Gasteiger partial charge in [0.05, 0.1) is 7.11 Å². The Labute approximate surface area is 125 Å². The molecule has 0 aliphatic rings. The van der Waals surface area contributed by atoms with E-state index in [9.17, 15) is 0 Å². The van der Waals surface area contributed by atoms with Crippen LogP contribution >= 0.6 is 0 Å². The molecule has 0 aromatic heterocycles. The molecule has 1 nitrogen and oxygen atoms in total. The van der Waals surface area contributed by atoms with Gasteiger partial charge in [0.1, 0.15) is 5.60 Å².